The molecule has 74 valence electrons. The molecule has 0 aliphatic carbocycles. The minimum absolute atomic E-state index is 0.356. The van der Waals surface area contributed by atoms with Crippen molar-refractivity contribution in [2.75, 3.05) is 6.61 Å². The van der Waals surface area contributed by atoms with E-state index in [1.165, 1.54) is 0 Å². The van der Waals surface area contributed by atoms with Crippen molar-refractivity contribution in [2.24, 2.45) is 5.92 Å². The number of ether oxygens (including phenoxy) is 1. The smallest absolute Gasteiger partial charge is 0.418 e. The third-order valence-corrected chi connectivity index (χ3v) is 1.18. The second-order valence-electron chi connectivity index (χ2n) is 3.17. The van der Waals surface area contributed by atoms with Crippen LogP contribution in [0.4, 0.5) is 4.79 Å². The zero-order chi connectivity index (χ0) is 10.1. The molecule has 13 heavy (non-hydrogen) atoms. The van der Waals surface area contributed by atoms with Crippen LogP contribution in [-0.2, 0) is 4.74 Å². The van der Waals surface area contributed by atoms with E-state index in [0.717, 1.165) is 12.8 Å². The molecule has 0 aliphatic heterocycles. The van der Waals surface area contributed by atoms with Crippen LogP contribution in [0.15, 0.2) is 0 Å². The van der Waals surface area contributed by atoms with Crippen LogP contribution in [0, 0.1) is 17.9 Å². The molecule has 0 radical (unpaired) electrons. The van der Waals surface area contributed by atoms with Crippen LogP contribution in [0.1, 0.15) is 33.6 Å². The average molecular weight is 183 g/mol. The number of amides is 1. The van der Waals surface area contributed by atoms with Gasteiger partial charge >= 0.3 is 6.09 Å². The zero-order valence-electron chi connectivity index (χ0n) is 8.52. The Hall–Kier alpha value is -1.17. The lowest BCUT2D eigenvalue weighted by atomic mass is 10.2. The molecule has 0 rings (SSSR count). The van der Waals surface area contributed by atoms with Crippen molar-refractivity contribution in [1.29, 1.82) is 0 Å². The first kappa shape index (κ1) is 11.8. The van der Waals surface area contributed by atoms with Crippen LogP contribution in [-0.4, -0.2) is 12.7 Å². The van der Waals surface area contributed by atoms with Gasteiger partial charge in [-0.15, -0.1) is 0 Å². The number of unbranched alkanes of at least 4 members (excludes halogenated alkanes) is 1. The molecule has 1 N–H and O–H groups in total. The summed E-state index contributed by atoms with van der Waals surface area (Å²) in [6, 6.07) is 2.54. The third kappa shape index (κ3) is 8.74. The molecule has 0 aromatic carbocycles. The monoisotopic (exact) mass is 183 g/mol. The molecule has 0 saturated heterocycles. The molecule has 1 amide bonds. The van der Waals surface area contributed by atoms with Gasteiger partial charge in [0.1, 0.15) is 0 Å². The van der Waals surface area contributed by atoms with Crippen LogP contribution in [0.5, 0.6) is 0 Å². The van der Waals surface area contributed by atoms with Crippen molar-refractivity contribution in [3.8, 4) is 12.0 Å². The fourth-order valence-electron chi connectivity index (χ4n) is 0.561. The average Bonchev–Trinajstić information content (AvgIpc) is 2.09. The molecule has 0 saturated carbocycles. The van der Waals surface area contributed by atoms with Crippen LogP contribution in [0.3, 0.4) is 0 Å². The summed E-state index contributed by atoms with van der Waals surface area (Å²) in [6.45, 7) is 6.43. The molecule has 0 aliphatic rings. The molecule has 0 unspecified atom stereocenters. The van der Waals surface area contributed by atoms with Gasteiger partial charge in [0.2, 0.25) is 0 Å². The van der Waals surface area contributed by atoms with E-state index in [1.807, 2.05) is 20.8 Å². The summed E-state index contributed by atoms with van der Waals surface area (Å²) in [5.41, 5.74) is 0. The van der Waals surface area contributed by atoms with E-state index in [1.54, 1.807) is 0 Å². The van der Waals surface area contributed by atoms with Crippen LogP contribution in [0.25, 0.3) is 0 Å². The van der Waals surface area contributed by atoms with Gasteiger partial charge in [-0.1, -0.05) is 26.7 Å². The number of carbonyl (C=O) groups excluding carboxylic acids is 1. The Balaban J connectivity index is 3.47. The first-order chi connectivity index (χ1) is 6.16. The van der Waals surface area contributed by atoms with E-state index >= 15 is 0 Å². The largest absolute Gasteiger partial charge is 0.449 e. The fourth-order valence-corrected chi connectivity index (χ4v) is 0.561. The Morgan fingerprint density at radius 1 is 1.54 bits per heavy atom. The minimum Gasteiger partial charge on any atom is -0.449 e. The highest BCUT2D eigenvalue weighted by Gasteiger charge is 1.99. The van der Waals surface area contributed by atoms with Crippen LogP contribution < -0.4 is 5.32 Å². The topological polar surface area (TPSA) is 38.3 Å². The summed E-state index contributed by atoms with van der Waals surface area (Å²) in [6.07, 6.45) is 1.33. The number of hydrogen-bond donors (Lipinski definition) is 1. The summed E-state index contributed by atoms with van der Waals surface area (Å²) < 4.78 is 4.83. The fraction of sp³-hybridized carbons (Fsp3) is 0.700. The predicted octanol–water partition coefficient (Wildman–Crippen LogP) is 2.13. The zero-order valence-corrected chi connectivity index (χ0v) is 8.52. The number of rotatable bonds is 3. The van der Waals surface area contributed by atoms with Gasteiger partial charge in [-0.3, -0.25) is 0 Å². The van der Waals surface area contributed by atoms with Crippen molar-refractivity contribution >= 4 is 6.09 Å². The summed E-state index contributed by atoms with van der Waals surface area (Å²) in [5, 5.41) is 2.35. The summed E-state index contributed by atoms with van der Waals surface area (Å²) in [7, 11) is 0. The van der Waals surface area contributed by atoms with Gasteiger partial charge in [-0.2, -0.15) is 0 Å². The Kier molecular flexibility index (Phi) is 6.80. The lowest BCUT2D eigenvalue weighted by Crippen LogP contribution is -2.21. The van der Waals surface area contributed by atoms with Crippen LogP contribution >= 0.6 is 0 Å². The Morgan fingerprint density at radius 2 is 2.23 bits per heavy atom. The van der Waals surface area contributed by atoms with E-state index in [0.29, 0.717) is 12.5 Å². The molecule has 0 fully saturated rings. The van der Waals surface area contributed by atoms with Crippen molar-refractivity contribution in [3.63, 3.8) is 0 Å². The lowest BCUT2D eigenvalue weighted by Gasteiger charge is -2.04. The highest BCUT2D eigenvalue weighted by molar-refractivity contribution is 5.69. The molecule has 0 atom stereocenters. The molecule has 0 aromatic heterocycles. The second kappa shape index (κ2) is 7.48. The first-order valence-corrected chi connectivity index (χ1v) is 4.57. The first-order valence-electron chi connectivity index (χ1n) is 4.57. The Labute approximate surface area is 79.8 Å². The van der Waals surface area contributed by atoms with Gasteiger partial charge in [-0.25, -0.2) is 10.1 Å². The van der Waals surface area contributed by atoms with Gasteiger partial charge in [0.25, 0.3) is 0 Å². The second-order valence-corrected chi connectivity index (χ2v) is 3.17. The predicted molar refractivity (Wildman–Crippen MR) is 52.0 cm³/mol. The molecule has 0 heterocycles. The Bertz CT molecular complexity index is 201. The minimum atomic E-state index is -0.461. The maximum Gasteiger partial charge on any atom is 0.418 e. The molecular weight excluding hydrogens is 166 g/mol. The van der Waals surface area contributed by atoms with Gasteiger partial charge in [-0.05, 0) is 12.3 Å². The maximum atomic E-state index is 10.9. The van der Waals surface area contributed by atoms with Crippen LogP contribution in [0.2, 0.25) is 0 Å². The van der Waals surface area contributed by atoms with Crippen molar-refractivity contribution in [1.82, 2.24) is 5.32 Å². The van der Waals surface area contributed by atoms with Crippen molar-refractivity contribution < 1.29 is 9.53 Å². The summed E-state index contributed by atoms with van der Waals surface area (Å²) >= 11 is 0. The number of hydrogen-bond acceptors (Lipinski definition) is 2. The molecule has 0 aromatic rings. The summed E-state index contributed by atoms with van der Waals surface area (Å²) in [4.78, 5) is 10.9. The highest BCUT2D eigenvalue weighted by Crippen LogP contribution is 1.91. The lowest BCUT2D eigenvalue weighted by molar-refractivity contribution is 0.137. The SMILES string of the molecule is CCCC#CNC(=O)OCC(C)C. The van der Waals surface area contributed by atoms with E-state index in [-0.39, 0.29) is 0 Å². The van der Waals surface area contributed by atoms with Gasteiger partial charge in [0.05, 0.1) is 6.61 Å². The number of carbonyl (C=O) groups is 1. The normalized spacial score (nSPS) is 8.92. The molecule has 3 heteroatoms. The summed E-state index contributed by atoms with van der Waals surface area (Å²) in [5.74, 6) is 3.15. The highest BCUT2D eigenvalue weighted by atomic mass is 16.5. The maximum absolute atomic E-state index is 10.9. The third-order valence-electron chi connectivity index (χ3n) is 1.18. The molecule has 3 nitrogen and oxygen atoms in total. The molecular formula is C10H17NO2. The van der Waals surface area contributed by atoms with E-state index in [2.05, 4.69) is 17.3 Å². The quantitative estimate of drug-likeness (QED) is 0.537. The van der Waals surface area contributed by atoms with Gasteiger partial charge in [0, 0.05) is 12.5 Å². The van der Waals surface area contributed by atoms with E-state index in [9.17, 15) is 4.79 Å². The van der Waals surface area contributed by atoms with Gasteiger partial charge in [0.15, 0.2) is 0 Å². The van der Waals surface area contributed by atoms with Crippen molar-refractivity contribution in [3.05, 3.63) is 0 Å². The molecule has 0 spiro atoms. The Morgan fingerprint density at radius 3 is 2.77 bits per heavy atom. The van der Waals surface area contributed by atoms with E-state index < -0.39 is 6.09 Å². The number of alkyl carbamates (subject to hydrolysis) is 1. The number of nitrogens with one attached hydrogen (secondary N) is 1. The molecule has 0 bridgehead atoms. The van der Waals surface area contributed by atoms with Crippen molar-refractivity contribution in [2.45, 2.75) is 33.6 Å². The van der Waals surface area contributed by atoms with Gasteiger partial charge < -0.3 is 4.74 Å². The van der Waals surface area contributed by atoms with E-state index in [4.69, 9.17) is 4.74 Å². The standard InChI is InChI=1S/C10H17NO2/c1-4-5-6-7-11-10(12)13-8-9(2)3/h9H,4-5,8H2,1-3H3,(H,11,12).